The zero-order valence-corrected chi connectivity index (χ0v) is 10.8. The first-order valence-electron chi connectivity index (χ1n) is 5.74. The molecule has 3 N–H and O–H groups in total. The van der Waals surface area contributed by atoms with Crippen molar-refractivity contribution in [3.8, 4) is 11.8 Å². The second-order valence-corrected chi connectivity index (χ2v) is 3.94. The van der Waals surface area contributed by atoms with Gasteiger partial charge in [0.15, 0.2) is 0 Å². The Morgan fingerprint density at radius 2 is 2.25 bits per heavy atom. The number of rotatable bonds is 3. The number of aromatic nitrogens is 1. The maximum Gasteiger partial charge on any atom is 0.257 e. The summed E-state index contributed by atoms with van der Waals surface area (Å²) < 4.78 is 5.15. The molecule has 6 heteroatoms. The van der Waals surface area contributed by atoms with Crippen LogP contribution in [0.3, 0.4) is 0 Å². The highest BCUT2D eigenvalue weighted by atomic mass is 16.5. The Morgan fingerprint density at radius 1 is 1.45 bits per heavy atom. The number of hydrogen-bond donors (Lipinski definition) is 2. The van der Waals surface area contributed by atoms with E-state index in [1.54, 1.807) is 18.2 Å². The summed E-state index contributed by atoms with van der Waals surface area (Å²) in [7, 11) is 1.47. The smallest absolute Gasteiger partial charge is 0.257 e. The molecule has 0 radical (unpaired) electrons. The van der Waals surface area contributed by atoms with E-state index in [0.717, 1.165) is 0 Å². The van der Waals surface area contributed by atoms with Crippen molar-refractivity contribution in [1.29, 1.82) is 5.26 Å². The Kier molecular flexibility index (Phi) is 3.82. The molecule has 2 aromatic rings. The lowest BCUT2D eigenvalue weighted by Crippen LogP contribution is -2.14. The zero-order chi connectivity index (χ0) is 14.5. The molecule has 0 aliphatic heterocycles. The van der Waals surface area contributed by atoms with Gasteiger partial charge < -0.3 is 15.8 Å². The number of hydrogen-bond acceptors (Lipinski definition) is 5. The van der Waals surface area contributed by atoms with Crippen molar-refractivity contribution in [3.05, 3.63) is 47.8 Å². The number of nitrogens with two attached hydrogens (primary N) is 1. The van der Waals surface area contributed by atoms with Crippen LogP contribution in [0.25, 0.3) is 0 Å². The number of nitrogens with zero attached hydrogens (tertiary/aromatic N) is 2. The van der Waals surface area contributed by atoms with Crippen LogP contribution in [0.1, 0.15) is 15.9 Å². The molecule has 0 fully saturated rings. The summed E-state index contributed by atoms with van der Waals surface area (Å²) in [6, 6.07) is 8.27. The number of methoxy groups -OCH3 is 1. The molecule has 100 valence electrons. The lowest BCUT2D eigenvalue weighted by Gasteiger charge is -2.11. The number of nitriles is 1. The van der Waals surface area contributed by atoms with E-state index in [2.05, 4.69) is 10.3 Å². The number of carbonyl (C=O) groups is 1. The van der Waals surface area contributed by atoms with Gasteiger partial charge in [0.1, 0.15) is 5.75 Å². The summed E-state index contributed by atoms with van der Waals surface area (Å²) in [4.78, 5) is 15.9. The van der Waals surface area contributed by atoms with Crippen LogP contribution >= 0.6 is 0 Å². The molecule has 0 atom stereocenters. The van der Waals surface area contributed by atoms with Gasteiger partial charge in [-0.05, 0) is 18.2 Å². The van der Waals surface area contributed by atoms with Crippen molar-refractivity contribution >= 4 is 17.3 Å². The van der Waals surface area contributed by atoms with Crippen LogP contribution in [0.5, 0.6) is 5.75 Å². The van der Waals surface area contributed by atoms with E-state index in [1.807, 2.05) is 6.07 Å². The fourth-order valence-corrected chi connectivity index (χ4v) is 1.67. The molecule has 0 aliphatic carbocycles. The second-order valence-electron chi connectivity index (χ2n) is 3.94. The predicted octanol–water partition coefficient (Wildman–Crippen LogP) is 1.80. The minimum atomic E-state index is -0.368. The maximum absolute atomic E-state index is 12.1. The topological polar surface area (TPSA) is 101 Å². The van der Waals surface area contributed by atoms with Crippen molar-refractivity contribution in [2.45, 2.75) is 0 Å². The van der Waals surface area contributed by atoms with E-state index in [9.17, 15) is 4.79 Å². The third-order valence-corrected chi connectivity index (χ3v) is 2.68. The Hall–Kier alpha value is -3.07. The van der Waals surface area contributed by atoms with Gasteiger partial charge in [0.05, 0.1) is 41.9 Å². The van der Waals surface area contributed by atoms with Crippen molar-refractivity contribution in [1.82, 2.24) is 4.98 Å². The van der Waals surface area contributed by atoms with Crippen LogP contribution in [0.15, 0.2) is 36.7 Å². The fraction of sp³-hybridized carbons (Fsp3) is 0.0714. The number of nitrogens with one attached hydrogen (secondary N) is 1. The first kappa shape index (κ1) is 13.4. The second kappa shape index (κ2) is 5.71. The first-order chi connectivity index (χ1) is 9.65. The number of benzene rings is 1. The van der Waals surface area contributed by atoms with Gasteiger partial charge in [-0.3, -0.25) is 9.78 Å². The van der Waals surface area contributed by atoms with E-state index in [0.29, 0.717) is 22.6 Å². The van der Waals surface area contributed by atoms with Crippen LogP contribution in [-0.4, -0.2) is 18.0 Å². The summed E-state index contributed by atoms with van der Waals surface area (Å²) in [5.74, 6) is 0.0398. The van der Waals surface area contributed by atoms with E-state index in [4.69, 9.17) is 15.7 Å². The van der Waals surface area contributed by atoms with E-state index in [-0.39, 0.29) is 11.6 Å². The van der Waals surface area contributed by atoms with Gasteiger partial charge in [-0.15, -0.1) is 0 Å². The van der Waals surface area contributed by atoms with Crippen LogP contribution in [0, 0.1) is 11.3 Å². The molecule has 6 nitrogen and oxygen atoms in total. The molecule has 2 rings (SSSR count). The van der Waals surface area contributed by atoms with Crippen LogP contribution in [-0.2, 0) is 0 Å². The monoisotopic (exact) mass is 268 g/mol. The first-order valence-corrected chi connectivity index (χ1v) is 5.74. The van der Waals surface area contributed by atoms with E-state index in [1.165, 1.54) is 25.6 Å². The number of ether oxygens (including phenoxy) is 1. The molecule has 0 saturated carbocycles. The zero-order valence-electron chi connectivity index (χ0n) is 10.8. The molecule has 1 amide bonds. The molecule has 1 aromatic heterocycles. The van der Waals surface area contributed by atoms with Crippen molar-refractivity contribution in [3.63, 3.8) is 0 Å². The summed E-state index contributed by atoms with van der Waals surface area (Å²) in [6.07, 6.45) is 2.90. The lowest BCUT2D eigenvalue weighted by molar-refractivity contribution is 0.102. The normalized spacial score (nSPS) is 9.60. The number of nitrogen functional groups attached to an aromatic ring is 1. The molecule has 0 bridgehead atoms. The molecule has 0 unspecified atom stereocenters. The molecule has 1 heterocycles. The SMILES string of the molecule is COc1cc(C#N)ccc1NC(=O)c1ccncc1N. The van der Waals surface area contributed by atoms with Crippen LogP contribution in [0.2, 0.25) is 0 Å². The van der Waals surface area contributed by atoms with Gasteiger partial charge in [-0.1, -0.05) is 0 Å². The highest BCUT2D eigenvalue weighted by Gasteiger charge is 2.12. The summed E-state index contributed by atoms with van der Waals surface area (Å²) in [5, 5.41) is 11.5. The summed E-state index contributed by atoms with van der Waals surface area (Å²) in [5.41, 5.74) is 7.22. The standard InChI is InChI=1S/C14H12N4O2/c1-20-13-6-9(7-15)2-3-12(13)18-14(19)10-4-5-17-8-11(10)16/h2-6,8H,16H2,1H3,(H,18,19). The third-order valence-electron chi connectivity index (χ3n) is 2.68. The Balaban J connectivity index is 2.29. The largest absolute Gasteiger partial charge is 0.495 e. The van der Waals surface area contributed by atoms with Crippen molar-refractivity contribution in [2.75, 3.05) is 18.2 Å². The molecule has 0 saturated heterocycles. The maximum atomic E-state index is 12.1. The number of anilines is 2. The van der Waals surface area contributed by atoms with E-state index >= 15 is 0 Å². The van der Waals surface area contributed by atoms with Crippen LogP contribution < -0.4 is 15.8 Å². The Morgan fingerprint density at radius 3 is 2.90 bits per heavy atom. The van der Waals surface area contributed by atoms with Gasteiger partial charge in [0.2, 0.25) is 0 Å². The summed E-state index contributed by atoms with van der Waals surface area (Å²) >= 11 is 0. The fourth-order valence-electron chi connectivity index (χ4n) is 1.67. The highest BCUT2D eigenvalue weighted by Crippen LogP contribution is 2.26. The Labute approximate surface area is 115 Å². The average molecular weight is 268 g/mol. The van der Waals surface area contributed by atoms with Gasteiger partial charge >= 0.3 is 0 Å². The van der Waals surface area contributed by atoms with Crippen molar-refractivity contribution in [2.24, 2.45) is 0 Å². The Bertz CT molecular complexity index is 692. The number of pyridine rings is 1. The lowest BCUT2D eigenvalue weighted by atomic mass is 10.1. The summed E-state index contributed by atoms with van der Waals surface area (Å²) in [6.45, 7) is 0. The van der Waals surface area contributed by atoms with Gasteiger partial charge in [0.25, 0.3) is 5.91 Å². The molecule has 20 heavy (non-hydrogen) atoms. The minimum Gasteiger partial charge on any atom is -0.495 e. The minimum absolute atomic E-state index is 0.289. The van der Waals surface area contributed by atoms with E-state index < -0.39 is 0 Å². The molecule has 0 spiro atoms. The number of amides is 1. The number of carbonyl (C=O) groups excluding carboxylic acids is 1. The third kappa shape index (κ3) is 2.67. The molecular formula is C14H12N4O2. The van der Waals surface area contributed by atoms with Gasteiger partial charge in [0, 0.05) is 12.3 Å². The van der Waals surface area contributed by atoms with Crippen LogP contribution in [0.4, 0.5) is 11.4 Å². The predicted molar refractivity (Wildman–Crippen MR) is 74.3 cm³/mol. The van der Waals surface area contributed by atoms with Crippen molar-refractivity contribution < 1.29 is 9.53 Å². The average Bonchev–Trinajstić information content (AvgIpc) is 2.48. The van der Waals surface area contributed by atoms with Gasteiger partial charge in [-0.25, -0.2) is 0 Å². The molecule has 0 aliphatic rings. The quantitative estimate of drug-likeness (QED) is 0.883. The highest BCUT2D eigenvalue weighted by molar-refractivity contribution is 6.08. The van der Waals surface area contributed by atoms with Gasteiger partial charge in [-0.2, -0.15) is 5.26 Å². The molecule has 1 aromatic carbocycles. The molecular weight excluding hydrogens is 256 g/mol.